The maximum absolute atomic E-state index is 12.5. The summed E-state index contributed by atoms with van der Waals surface area (Å²) in [7, 11) is 0. The molecule has 1 aliphatic rings. The second-order valence-electron chi connectivity index (χ2n) is 4.66. The average molecular weight is 300 g/mol. The molecule has 1 aromatic rings. The van der Waals surface area contributed by atoms with E-state index in [1.807, 2.05) is 0 Å². The zero-order chi connectivity index (χ0) is 15.7. The highest BCUT2D eigenvalue weighted by Crippen LogP contribution is 2.49. The van der Waals surface area contributed by atoms with E-state index in [4.69, 9.17) is 9.84 Å². The van der Waals surface area contributed by atoms with E-state index < -0.39 is 29.3 Å². The molecule has 1 fully saturated rings. The van der Waals surface area contributed by atoms with Gasteiger partial charge in [-0.15, -0.1) is 0 Å². The van der Waals surface area contributed by atoms with Crippen molar-refractivity contribution in [1.82, 2.24) is 0 Å². The van der Waals surface area contributed by atoms with E-state index in [0.29, 0.717) is 24.5 Å². The highest BCUT2D eigenvalue weighted by molar-refractivity contribution is 5.91. The van der Waals surface area contributed by atoms with Gasteiger partial charge in [0.1, 0.15) is 5.60 Å². The van der Waals surface area contributed by atoms with Gasteiger partial charge in [0.25, 0.3) is 0 Å². The molecule has 0 spiro atoms. The molecule has 2 rings (SSSR count). The first kappa shape index (κ1) is 15.1. The van der Waals surface area contributed by atoms with Gasteiger partial charge in [-0.05, 0) is 30.5 Å². The third-order valence-electron chi connectivity index (χ3n) is 3.10. The van der Waals surface area contributed by atoms with Crippen molar-refractivity contribution in [2.75, 3.05) is 0 Å². The summed E-state index contributed by atoms with van der Waals surface area (Å²) in [6.07, 6.45) is -2.02. The van der Waals surface area contributed by atoms with Crippen LogP contribution < -0.4 is 0 Å². The molecule has 1 aliphatic carbocycles. The smallest absolute Gasteiger partial charge is 0.416 e. The van der Waals surface area contributed by atoms with Crippen LogP contribution in [0.5, 0.6) is 0 Å². The first-order valence-electron chi connectivity index (χ1n) is 6.05. The van der Waals surface area contributed by atoms with Gasteiger partial charge in [0.15, 0.2) is 0 Å². The molecule has 0 aliphatic heterocycles. The van der Waals surface area contributed by atoms with Crippen LogP contribution >= 0.6 is 0 Å². The number of hydrogen-bond acceptors (Lipinski definition) is 3. The molecule has 0 radical (unpaired) electrons. The van der Waals surface area contributed by atoms with E-state index in [-0.39, 0.29) is 0 Å². The van der Waals surface area contributed by atoms with Crippen LogP contribution in [0.15, 0.2) is 36.4 Å². The fraction of sp³-hybridized carbons (Fsp3) is 0.286. The van der Waals surface area contributed by atoms with Crippen molar-refractivity contribution in [2.45, 2.75) is 24.6 Å². The molecule has 0 unspecified atom stereocenters. The first-order valence-corrected chi connectivity index (χ1v) is 6.05. The first-order chi connectivity index (χ1) is 9.73. The Kier molecular flexibility index (Phi) is 3.76. The lowest BCUT2D eigenvalue weighted by molar-refractivity contribution is -0.146. The largest absolute Gasteiger partial charge is 0.478 e. The molecule has 1 saturated carbocycles. The van der Waals surface area contributed by atoms with Gasteiger partial charge in [0.2, 0.25) is 0 Å². The van der Waals surface area contributed by atoms with Crippen LogP contribution in [0.1, 0.15) is 24.0 Å². The highest BCUT2D eigenvalue weighted by atomic mass is 19.4. The van der Waals surface area contributed by atoms with Gasteiger partial charge < -0.3 is 9.84 Å². The molecule has 0 heterocycles. The summed E-state index contributed by atoms with van der Waals surface area (Å²) in [6, 6.07) is 4.39. The molecule has 112 valence electrons. The number of halogens is 3. The summed E-state index contributed by atoms with van der Waals surface area (Å²) in [5.74, 6) is -2.12. The van der Waals surface area contributed by atoms with Crippen molar-refractivity contribution in [3.8, 4) is 0 Å². The summed E-state index contributed by atoms with van der Waals surface area (Å²) < 4.78 is 42.5. The standard InChI is InChI=1S/C14H11F3O4/c15-14(16,17)10-3-1-9(2-4-10)13(7-8-13)21-12(20)6-5-11(18)19/h1-6H,7-8H2,(H,18,19)/b6-5+. The highest BCUT2D eigenvalue weighted by Gasteiger charge is 2.48. The lowest BCUT2D eigenvalue weighted by Gasteiger charge is -2.16. The van der Waals surface area contributed by atoms with E-state index in [1.165, 1.54) is 12.1 Å². The third kappa shape index (κ3) is 3.62. The number of esters is 1. The quantitative estimate of drug-likeness (QED) is 0.686. The number of ether oxygens (including phenoxy) is 1. The maximum atomic E-state index is 12.5. The Labute approximate surface area is 117 Å². The van der Waals surface area contributed by atoms with Crippen molar-refractivity contribution >= 4 is 11.9 Å². The number of benzene rings is 1. The minimum atomic E-state index is -4.42. The Morgan fingerprint density at radius 1 is 1.14 bits per heavy atom. The van der Waals surface area contributed by atoms with Crippen molar-refractivity contribution in [2.24, 2.45) is 0 Å². The van der Waals surface area contributed by atoms with Gasteiger partial charge >= 0.3 is 18.1 Å². The lowest BCUT2D eigenvalue weighted by atomic mass is 10.1. The predicted octanol–water partition coefficient (Wildman–Crippen LogP) is 2.88. The Morgan fingerprint density at radius 3 is 2.14 bits per heavy atom. The second kappa shape index (κ2) is 5.23. The van der Waals surface area contributed by atoms with E-state index in [9.17, 15) is 22.8 Å². The van der Waals surface area contributed by atoms with E-state index >= 15 is 0 Å². The summed E-state index contributed by atoms with van der Waals surface area (Å²) in [4.78, 5) is 21.7. The van der Waals surface area contributed by atoms with Gasteiger partial charge in [0, 0.05) is 12.2 Å². The SMILES string of the molecule is O=C(O)/C=C/C(=O)OC1(c2ccc(C(F)(F)F)cc2)CC1. The Bertz CT molecular complexity index is 583. The summed E-state index contributed by atoms with van der Waals surface area (Å²) >= 11 is 0. The fourth-order valence-electron chi connectivity index (χ4n) is 1.89. The molecule has 0 aromatic heterocycles. The van der Waals surface area contributed by atoms with E-state index in [2.05, 4.69) is 0 Å². The van der Waals surface area contributed by atoms with Crippen LogP contribution in [-0.4, -0.2) is 17.0 Å². The van der Waals surface area contributed by atoms with Gasteiger partial charge in [-0.1, -0.05) is 12.1 Å². The summed E-state index contributed by atoms with van der Waals surface area (Å²) in [5, 5.41) is 8.40. The summed E-state index contributed by atoms with van der Waals surface area (Å²) in [6.45, 7) is 0. The Balaban J connectivity index is 2.10. The fourth-order valence-corrected chi connectivity index (χ4v) is 1.89. The maximum Gasteiger partial charge on any atom is 0.416 e. The van der Waals surface area contributed by atoms with Gasteiger partial charge in [0.05, 0.1) is 5.56 Å². The van der Waals surface area contributed by atoms with Crippen molar-refractivity contribution in [1.29, 1.82) is 0 Å². The third-order valence-corrected chi connectivity index (χ3v) is 3.10. The molecule has 7 heteroatoms. The second-order valence-corrected chi connectivity index (χ2v) is 4.66. The van der Waals surface area contributed by atoms with Gasteiger partial charge in [-0.3, -0.25) is 0 Å². The van der Waals surface area contributed by atoms with Crippen LogP contribution in [0.3, 0.4) is 0 Å². The molecule has 1 N–H and O–H groups in total. The number of carboxylic acids is 1. The minimum absolute atomic E-state index is 0.465. The zero-order valence-electron chi connectivity index (χ0n) is 10.7. The number of aliphatic carboxylic acids is 1. The molecule has 21 heavy (non-hydrogen) atoms. The zero-order valence-corrected chi connectivity index (χ0v) is 10.7. The molecule has 4 nitrogen and oxygen atoms in total. The predicted molar refractivity (Wildman–Crippen MR) is 65.2 cm³/mol. The average Bonchev–Trinajstić information content (AvgIpc) is 3.16. The van der Waals surface area contributed by atoms with Crippen LogP contribution in [-0.2, 0) is 26.1 Å². The normalized spacial score (nSPS) is 16.7. The van der Waals surface area contributed by atoms with Crippen LogP contribution in [0.2, 0.25) is 0 Å². The van der Waals surface area contributed by atoms with Crippen LogP contribution in [0.4, 0.5) is 13.2 Å². The van der Waals surface area contributed by atoms with Crippen LogP contribution in [0, 0.1) is 0 Å². The number of carboxylic acid groups (broad SMARTS) is 1. The Hall–Kier alpha value is -2.31. The number of carbonyl (C=O) groups excluding carboxylic acids is 1. The number of rotatable bonds is 4. The summed E-state index contributed by atoms with van der Waals surface area (Å²) in [5.41, 5.74) is -1.25. The number of alkyl halides is 3. The van der Waals surface area contributed by atoms with E-state index in [1.54, 1.807) is 0 Å². The molecule has 1 aromatic carbocycles. The van der Waals surface area contributed by atoms with Crippen LogP contribution in [0.25, 0.3) is 0 Å². The molecule has 0 saturated heterocycles. The van der Waals surface area contributed by atoms with Crippen molar-refractivity contribution in [3.05, 3.63) is 47.5 Å². The van der Waals surface area contributed by atoms with Crippen molar-refractivity contribution in [3.63, 3.8) is 0 Å². The number of carbonyl (C=O) groups is 2. The molecular weight excluding hydrogens is 289 g/mol. The van der Waals surface area contributed by atoms with Crippen molar-refractivity contribution < 1.29 is 32.6 Å². The lowest BCUT2D eigenvalue weighted by Crippen LogP contribution is -2.17. The molecule has 0 bridgehead atoms. The minimum Gasteiger partial charge on any atom is -0.478 e. The number of hydrogen-bond donors (Lipinski definition) is 1. The topological polar surface area (TPSA) is 63.6 Å². The molecule has 0 amide bonds. The van der Waals surface area contributed by atoms with Gasteiger partial charge in [-0.25, -0.2) is 9.59 Å². The Morgan fingerprint density at radius 2 is 1.71 bits per heavy atom. The monoisotopic (exact) mass is 300 g/mol. The molecule has 0 atom stereocenters. The van der Waals surface area contributed by atoms with Gasteiger partial charge in [-0.2, -0.15) is 13.2 Å². The van der Waals surface area contributed by atoms with E-state index in [0.717, 1.165) is 18.2 Å². The molecular formula is C14H11F3O4.